The molecule has 1 atom stereocenters. The highest BCUT2D eigenvalue weighted by Crippen LogP contribution is 2.32. The van der Waals surface area contributed by atoms with Crippen molar-refractivity contribution < 1.29 is 0 Å². The summed E-state index contributed by atoms with van der Waals surface area (Å²) in [5, 5.41) is 0. The summed E-state index contributed by atoms with van der Waals surface area (Å²) in [7, 11) is 0. The van der Waals surface area contributed by atoms with Crippen LogP contribution in [0.15, 0.2) is 22.5 Å². The zero-order valence-electron chi connectivity index (χ0n) is 8.22. The van der Waals surface area contributed by atoms with Crippen LogP contribution in [0, 0.1) is 6.92 Å². The van der Waals surface area contributed by atoms with E-state index >= 15 is 0 Å². The van der Waals surface area contributed by atoms with Gasteiger partial charge in [0.2, 0.25) is 0 Å². The molecule has 1 heterocycles. The van der Waals surface area contributed by atoms with Gasteiger partial charge in [-0.1, -0.05) is 6.08 Å². The molecule has 1 rings (SSSR count). The molecule has 0 aliphatic carbocycles. The second-order valence-electron chi connectivity index (χ2n) is 3.19. The van der Waals surface area contributed by atoms with Crippen LogP contribution >= 0.6 is 27.3 Å². The summed E-state index contributed by atoms with van der Waals surface area (Å²) in [5.74, 6) is 5.51. The van der Waals surface area contributed by atoms with Crippen molar-refractivity contribution in [3.63, 3.8) is 0 Å². The standard InChI is InChI=1S/C10H15BrN2S/c1-3-4-5-8(13-12)9-6-7(2)10(11)14-9/h3,6,8,13H,1,4-5,12H2,2H3. The van der Waals surface area contributed by atoms with Gasteiger partial charge in [-0.2, -0.15) is 0 Å². The van der Waals surface area contributed by atoms with E-state index in [-0.39, 0.29) is 6.04 Å². The highest BCUT2D eigenvalue weighted by Gasteiger charge is 2.12. The molecule has 1 aromatic rings. The lowest BCUT2D eigenvalue weighted by atomic mass is 10.1. The lowest BCUT2D eigenvalue weighted by Gasteiger charge is -2.12. The monoisotopic (exact) mass is 274 g/mol. The molecule has 0 spiro atoms. The van der Waals surface area contributed by atoms with Gasteiger partial charge in [0, 0.05) is 4.88 Å². The van der Waals surface area contributed by atoms with Crippen molar-refractivity contribution in [1.29, 1.82) is 0 Å². The van der Waals surface area contributed by atoms with E-state index in [9.17, 15) is 0 Å². The number of thiophene rings is 1. The molecule has 0 aliphatic rings. The number of nitrogens with two attached hydrogens (primary N) is 1. The lowest BCUT2D eigenvalue weighted by molar-refractivity contribution is 0.528. The van der Waals surface area contributed by atoms with Crippen molar-refractivity contribution in [2.45, 2.75) is 25.8 Å². The van der Waals surface area contributed by atoms with E-state index in [1.54, 1.807) is 11.3 Å². The third kappa shape index (κ3) is 2.92. The van der Waals surface area contributed by atoms with Gasteiger partial charge in [0.05, 0.1) is 9.83 Å². The molecule has 0 aromatic carbocycles. The molecule has 78 valence electrons. The molecule has 4 heteroatoms. The fraction of sp³-hybridized carbons (Fsp3) is 0.400. The van der Waals surface area contributed by atoms with Gasteiger partial charge in [0.15, 0.2) is 0 Å². The van der Waals surface area contributed by atoms with Crippen LogP contribution < -0.4 is 11.3 Å². The van der Waals surface area contributed by atoms with Crippen molar-refractivity contribution >= 4 is 27.3 Å². The van der Waals surface area contributed by atoms with Crippen LogP contribution in [0.2, 0.25) is 0 Å². The Morgan fingerprint density at radius 3 is 2.93 bits per heavy atom. The summed E-state index contributed by atoms with van der Waals surface area (Å²) in [6.45, 7) is 5.80. The third-order valence-electron chi connectivity index (χ3n) is 2.08. The average molecular weight is 275 g/mol. The number of allylic oxidation sites excluding steroid dienone is 1. The molecule has 0 saturated carbocycles. The molecular formula is C10H15BrN2S. The molecule has 2 nitrogen and oxygen atoms in total. The Labute approximate surface area is 97.3 Å². The molecule has 14 heavy (non-hydrogen) atoms. The van der Waals surface area contributed by atoms with E-state index in [1.165, 1.54) is 14.2 Å². The van der Waals surface area contributed by atoms with Crippen molar-refractivity contribution in [3.05, 3.63) is 32.9 Å². The maximum absolute atomic E-state index is 5.51. The van der Waals surface area contributed by atoms with Gasteiger partial charge in [-0.25, -0.2) is 0 Å². The number of aryl methyl sites for hydroxylation is 1. The second-order valence-corrected chi connectivity index (χ2v) is 5.59. The second kappa shape index (κ2) is 5.66. The summed E-state index contributed by atoms with van der Waals surface area (Å²) in [6, 6.07) is 2.41. The summed E-state index contributed by atoms with van der Waals surface area (Å²) in [6.07, 6.45) is 3.88. The van der Waals surface area contributed by atoms with Crippen molar-refractivity contribution in [2.24, 2.45) is 5.84 Å². The number of halogens is 1. The quantitative estimate of drug-likeness (QED) is 0.491. The number of hydrazine groups is 1. The summed E-state index contributed by atoms with van der Waals surface area (Å²) >= 11 is 5.25. The van der Waals surface area contributed by atoms with E-state index in [1.807, 2.05) is 6.08 Å². The number of hydrogen-bond donors (Lipinski definition) is 2. The van der Waals surface area contributed by atoms with E-state index in [0.29, 0.717) is 0 Å². The lowest BCUT2D eigenvalue weighted by Crippen LogP contribution is -2.27. The molecule has 0 radical (unpaired) electrons. The Kier molecular flexibility index (Phi) is 4.81. The predicted octanol–water partition coefficient (Wildman–Crippen LogP) is 3.29. The van der Waals surface area contributed by atoms with Crippen LogP contribution in [0.5, 0.6) is 0 Å². The van der Waals surface area contributed by atoms with Gasteiger partial charge < -0.3 is 0 Å². The fourth-order valence-corrected chi connectivity index (χ4v) is 2.91. The first-order chi connectivity index (χ1) is 6.69. The van der Waals surface area contributed by atoms with E-state index < -0.39 is 0 Å². The van der Waals surface area contributed by atoms with Gasteiger partial charge in [-0.15, -0.1) is 17.9 Å². The maximum Gasteiger partial charge on any atom is 0.0731 e. The molecule has 0 saturated heterocycles. The van der Waals surface area contributed by atoms with Gasteiger partial charge in [0.1, 0.15) is 0 Å². The van der Waals surface area contributed by atoms with Crippen molar-refractivity contribution in [3.8, 4) is 0 Å². The first-order valence-electron chi connectivity index (χ1n) is 4.52. The van der Waals surface area contributed by atoms with E-state index in [0.717, 1.165) is 12.8 Å². The van der Waals surface area contributed by atoms with Crippen LogP contribution in [0.1, 0.15) is 29.3 Å². The normalized spacial score (nSPS) is 12.8. The minimum Gasteiger partial charge on any atom is -0.271 e. The predicted molar refractivity (Wildman–Crippen MR) is 66.3 cm³/mol. The Morgan fingerprint density at radius 2 is 2.50 bits per heavy atom. The zero-order chi connectivity index (χ0) is 10.6. The average Bonchev–Trinajstić information content (AvgIpc) is 2.48. The fourth-order valence-electron chi connectivity index (χ4n) is 1.25. The Balaban J connectivity index is 2.73. The highest BCUT2D eigenvalue weighted by atomic mass is 79.9. The molecule has 3 N–H and O–H groups in total. The number of hydrogen-bond acceptors (Lipinski definition) is 3. The molecule has 0 amide bonds. The van der Waals surface area contributed by atoms with Crippen LogP contribution in [0.25, 0.3) is 0 Å². The van der Waals surface area contributed by atoms with Crippen LogP contribution in [-0.2, 0) is 0 Å². The van der Waals surface area contributed by atoms with E-state index in [2.05, 4.69) is 40.9 Å². The van der Waals surface area contributed by atoms with Crippen molar-refractivity contribution in [2.75, 3.05) is 0 Å². The maximum atomic E-state index is 5.51. The third-order valence-corrected chi connectivity index (χ3v) is 4.33. The molecule has 1 aromatic heterocycles. The van der Waals surface area contributed by atoms with Crippen molar-refractivity contribution in [1.82, 2.24) is 5.43 Å². The Bertz CT molecular complexity index is 290. The first-order valence-corrected chi connectivity index (χ1v) is 6.12. The smallest absolute Gasteiger partial charge is 0.0731 e. The molecule has 0 bridgehead atoms. The topological polar surface area (TPSA) is 38.0 Å². The number of rotatable bonds is 5. The molecule has 0 fully saturated rings. The van der Waals surface area contributed by atoms with Crippen LogP contribution in [-0.4, -0.2) is 0 Å². The summed E-state index contributed by atoms with van der Waals surface area (Å²) in [5.41, 5.74) is 4.10. The Hall–Kier alpha value is -0.160. The Morgan fingerprint density at radius 1 is 1.79 bits per heavy atom. The zero-order valence-corrected chi connectivity index (χ0v) is 10.6. The largest absolute Gasteiger partial charge is 0.271 e. The molecule has 1 unspecified atom stereocenters. The molecular weight excluding hydrogens is 260 g/mol. The number of nitrogens with one attached hydrogen (secondary N) is 1. The SMILES string of the molecule is C=CCCC(NN)c1cc(C)c(Br)s1. The van der Waals surface area contributed by atoms with Gasteiger partial charge in [-0.3, -0.25) is 11.3 Å². The van der Waals surface area contributed by atoms with Gasteiger partial charge in [0.25, 0.3) is 0 Å². The van der Waals surface area contributed by atoms with Crippen LogP contribution in [0.4, 0.5) is 0 Å². The minimum absolute atomic E-state index is 0.239. The first kappa shape index (κ1) is 11.9. The van der Waals surface area contributed by atoms with E-state index in [4.69, 9.17) is 5.84 Å². The molecule has 0 aliphatic heterocycles. The highest BCUT2D eigenvalue weighted by molar-refractivity contribution is 9.11. The summed E-state index contributed by atoms with van der Waals surface area (Å²) in [4.78, 5) is 1.28. The van der Waals surface area contributed by atoms with Crippen LogP contribution in [0.3, 0.4) is 0 Å². The van der Waals surface area contributed by atoms with Gasteiger partial charge >= 0.3 is 0 Å². The minimum atomic E-state index is 0.239. The van der Waals surface area contributed by atoms with Gasteiger partial charge in [-0.05, 0) is 47.3 Å². The summed E-state index contributed by atoms with van der Waals surface area (Å²) < 4.78 is 1.19.